The number of halogens is 1. The fraction of sp³-hybridized carbons (Fsp3) is 0.0833. The van der Waals surface area contributed by atoms with Crippen LogP contribution in [-0.2, 0) is 17.8 Å². The average molecular weight is 449 g/mol. The van der Waals surface area contributed by atoms with Crippen molar-refractivity contribution in [1.82, 2.24) is 4.98 Å². The van der Waals surface area contributed by atoms with Gasteiger partial charge in [0.05, 0.1) is 18.4 Å². The third-order valence-corrected chi connectivity index (χ3v) is 5.95. The summed E-state index contributed by atoms with van der Waals surface area (Å²) in [6.07, 6.45) is 3.81. The van der Waals surface area contributed by atoms with Gasteiger partial charge in [0.15, 0.2) is 0 Å². The molecule has 0 radical (unpaired) electrons. The van der Waals surface area contributed by atoms with Crippen molar-refractivity contribution in [3.05, 3.63) is 93.0 Å². The number of carbonyl (C=O) groups is 1. The molecule has 2 heterocycles. The van der Waals surface area contributed by atoms with Crippen LogP contribution >= 0.6 is 11.6 Å². The number of nitrogens with one attached hydrogen (secondary N) is 1. The third-order valence-electron chi connectivity index (χ3n) is 4.59. The number of allylic oxidation sites excluding steroid dienone is 1. The highest BCUT2D eigenvalue weighted by atomic mass is 35.5. The average Bonchev–Trinajstić information content (AvgIpc) is 2.78. The summed E-state index contributed by atoms with van der Waals surface area (Å²) >= 11 is 4.27. The molecule has 1 aliphatic rings. The fourth-order valence-electron chi connectivity index (χ4n) is 3.02. The molecular weight excluding hydrogens is 432 g/mol. The summed E-state index contributed by atoms with van der Waals surface area (Å²) < 4.78 is 20.5. The summed E-state index contributed by atoms with van der Waals surface area (Å²) in [5.74, 6) is 6.44. The standard InChI is InChI=1S/C24H17ClN2O3S/c1-30-23-15-17(11-12-26-23)4-2-3-16-7-10-21-20(13-16)24(28)22(31(29)27-21)14-18-5-8-19(25)9-6-18/h5-15,27H,4H2,1H3/b22-14+. The Kier molecular flexibility index (Phi) is 6.28. The third kappa shape index (κ3) is 4.92. The van der Waals surface area contributed by atoms with Crippen LogP contribution in [0.3, 0.4) is 0 Å². The molecular formula is C24H17ClN2O3S. The Morgan fingerprint density at radius 2 is 2.00 bits per heavy atom. The highest BCUT2D eigenvalue weighted by Crippen LogP contribution is 2.31. The van der Waals surface area contributed by atoms with Gasteiger partial charge in [-0.2, -0.15) is 0 Å². The molecule has 3 aromatic rings. The molecule has 0 saturated heterocycles. The molecule has 0 amide bonds. The smallest absolute Gasteiger partial charge is 0.245 e. The molecule has 154 valence electrons. The van der Waals surface area contributed by atoms with Crippen molar-refractivity contribution in [3.8, 4) is 17.7 Å². The van der Waals surface area contributed by atoms with Gasteiger partial charge in [0.1, 0.15) is 11.4 Å². The van der Waals surface area contributed by atoms with E-state index in [-0.39, 0.29) is 10.7 Å². The number of hydrogen-bond acceptors (Lipinski definition) is 5. The van der Waals surface area contributed by atoms with Gasteiger partial charge in [-0.1, -0.05) is 35.6 Å². The number of nitrogens with zero attached hydrogens (tertiary/aromatic N) is 1. The second kappa shape index (κ2) is 9.27. The molecule has 1 aromatic heterocycles. The van der Waals surface area contributed by atoms with Crippen LogP contribution in [0, 0.1) is 11.8 Å². The predicted octanol–water partition coefficient (Wildman–Crippen LogP) is 4.65. The number of aromatic nitrogens is 1. The van der Waals surface area contributed by atoms with E-state index >= 15 is 0 Å². The van der Waals surface area contributed by atoms with Crippen LogP contribution < -0.4 is 9.46 Å². The lowest BCUT2D eigenvalue weighted by Gasteiger charge is -2.21. The highest BCUT2D eigenvalue weighted by Gasteiger charge is 2.33. The molecule has 0 bridgehead atoms. The van der Waals surface area contributed by atoms with Crippen LogP contribution in [0.25, 0.3) is 6.08 Å². The van der Waals surface area contributed by atoms with Crippen LogP contribution in [0.2, 0.25) is 5.02 Å². The van der Waals surface area contributed by atoms with E-state index in [1.807, 2.05) is 12.1 Å². The summed E-state index contributed by atoms with van der Waals surface area (Å²) in [4.78, 5) is 17.3. The van der Waals surface area contributed by atoms with Crippen molar-refractivity contribution in [2.75, 3.05) is 11.8 Å². The lowest BCUT2D eigenvalue weighted by molar-refractivity contribution is 0.104. The molecule has 2 aromatic carbocycles. The van der Waals surface area contributed by atoms with E-state index in [4.69, 9.17) is 16.3 Å². The topological polar surface area (TPSA) is 74.3 Å². The maximum Gasteiger partial charge on any atom is 0.245 e. The minimum atomic E-state index is -1.64. The highest BCUT2D eigenvalue weighted by molar-refractivity contribution is 7.97. The van der Waals surface area contributed by atoms with Crippen molar-refractivity contribution in [3.63, 3.8) is 0 Å². The molecule has 7 heteroatoms. The quantitative estimate of drug-likeness (QED) is 0.358. The first-order valence-corrected chi connectivity index (χ1v) is 10.9. The Hall–Kier alpha value is -3.24. The zero-order valence-corrected chi connectivity index (χ0v) is 18.1. The molecule has 1 unspecified atom stereocenters. The van der Waals surface area contributed by atoms with Gasteiger partial charge in [-0.15, -0.1) is 0 Å². The Morgan fingerprint density at radius 1 is 1.19 bits per heavy atom. The second-order valence-corrected chi connectivity index (χ2v) is 8.32. The second-order valence-electron chi connectivity index (χ2n) is 6.71. The number of methoxy groups -OCH3 is 1. The number of fused-ring (bicyclic) bond motifs is 1. The van der Waals surface area contributed by atoms with Gasteiger partial charge in [0, 0.05) is 35.3 Å². The first-order chi connectivity index (χ1) is 15.0. The molecule has 5 nitrogen and oxygen atoms in total. The van der Waals surface area contributed by atoms with Crippen molar-refractivity contribution in [2.24, 2.45) is 0 Å². The molecule has 0 aliphatic carbocycles. The molecule has 1 aliphatic heterocycles. The molecule has 1 N–H and O–H groups in total. The van der Waals surface area contributed by atoms with Gasteiger partial charge in [-0.25, -0.2) is 9.71 Å². The lowest BCUT2D eigenvalue weighted by Crippen LogP contribution is -2.27. The van der Waals surface area contributed by atoms with Gasteiger partial charge in [-0.3, -0.25) is 4.79 Å². The SMILES string of the molecule is COc1cc(CC#Cc2ccc3c(c2)C(=O)/C(=C\c2ccc(Cl)cc2)[S+]([O-])N3)ccn1. The molecule has 0 fully saturated rings. The number of hydrogen-bond donors (Lipinski definition) is 1. The number of pyridine rings is 1. The number of ether oxygens (including phenoxy) is 1. The van der Waals surface area contributed by atoms with Gasteiger partial charge in [0.2, 0.25) is 16.6 Å². The van der Waals surface area contributed by atoms with E-state index in [2.05, 4.69) is 21.5 Å². The number of anilines is 1. The molecule has 1 atom stereocenters. The number of carbonyl (C=O) groups excluding carboxylic acids is 1. The van der Waals surface area contributed by atoms with Crippen LogP contribution in [0.4, 0.5) is 5.69 Å². The summed E-state index contributed by atoms with van der Waals surface area (Å²) in [6, 6.07) is 15.9. The molecule has 31 heavy (non-hydrogen) atoms. The Labute approximate surface area is 188 Å². The van der Waals surface area contributed by atoms with Crippen molar-refractivity contribution < 1.29 is 14.1 Å². The van der Waals surface area contributed by atoms with E-state index in [0.29, 0.717) is 34.1 Å². The monoisotopic (exact) mass is 448 g/mol. The van der Waals surface area contributed by atoms with Crippen LogP contribution in [0.5, 0.6) is 5.88 Å². The largest absolute Gasteiger partial charge is 0.588 e. The summed E-state index contributed by atoms with van der Waals surface area (Å²) in [6.45, 7) is 0. The van der Waals surface area contributed by atoms with Gasteiger partial charge in [-0.05, 0) is 47.5 Å². The summed E-state index contributed by atoms with van der Waals surface area (Å²) in [5, 5.41) is 0.593. The maximum atomic E-state index is 13.0. The van der Waals surface area contributed by atoms with E-state index in [9.17, 15) is 9.35 Å². The Morgan fingerprint density at radius 3 is 2.77 bits per heavy atom. The lowest BCUT2D eigenvalue weighted by atomic mass is 10.0. The van der Waals surface area contributed by atoms with Crippen molar-refractivity contribution in [2.45, 2.75) is 6.42 Å². The van der Waals surface area contributed by atoms with Gasteiger partial charge < -0.3 is 9.29 Å². The van der Waals surface area contributed by atoms with Crippen LogP contribution in [0.15, 0.2) is 65.7 Å². The zero-order chi connectivity index (χ0) is 21.8. The predicted molar refractivity (Wildman–Crippen MR) is 123 cm³/mol. The van der Waals surface area contributed by atoms with Gasteiger partial charge in [0.25, 0.3) is 0 Å². The minimum absolute atomic E-state index is 0.184. The van der Waals surface area contributed by atoms with Crippen molar-refractivity contribution >= 4 is 40.5 Å². The van der Waals surface area contributed by atoms with E-state index in [1.54, 1.807) is 61.8 Å². The zero-order valence-electron chi connectivity index (χ0n) is 16.5. The number of Topliss-reactive ketones (excluding diaryl/α,β-unsaturated/α-hetero) is 1. The molecule has 4 rings (SSSR count). The normalized spacial score (nSPS) is 16.2. The molecule has 0 saturated carbocycles. The first-order valence-electron chi connectivity index (χ1n) is 9.36. The Balaban J connectivity index is 1.58. The summed E-state index contributed by atoms with van der Waals surface area (Å²) in [7, 11) is 1.57. The van der Waals surface area contributed by atoms with Crippen LogP contribution in [-0.4, -0.2) is 22.4 Å². The number of rotatable bonds is 3. The Bertz CT molecular complexity index is 1230. The summed E-state index contributed by atoms with van der Waals surface area (Å²) in [5.41, 5.74) is 3.40. The van der Waals surface area contributed by atoms with E-state index < -0.39 is 11.4 Å². The number of ketones is 1. The van der Waals surface area contributed by atoms with E-state index in [0.717, 1.165) is 11.1 Å². The van der Waals surface area contributed by atoms with E-state index in [1.165, 1.54) is 0 Å². The first kappa shape index (κ1) is 21.0. The van der Waals surface area contributed by atoms with Gasteiger partial charge >= 0.3 is 0 Å². The molecule has 0 spiro atoms. The van der Waals surface area contributed by atoms with Crippen molar-refractivity contribution in [1.29, 1.82) is 0 Å². The number of benzene rings is 2. The minimum Gasteiger partial charge on any atom is -0.588 e. The van der Waals surface area contributed by atoms with Crippen LogP contribution in [0.1, 0.15) is 27.0 Å². The fourth-order valence-corrected chi connectivity index (χ4v) is 4.16. The maximum absolute atomic E-state index is 13.0.